The number of hydrogen-bond donors (Lipinski definition) is 0. The normalized spacial score (nSPS) is 17.7. The highest BCUT2D eigenvalue weighted by atomic mass is 35.5. The molecule has 1 fully saturated rings. The van der Waals surface area contributed by atoms with E-state index in [2.05, 4.69) is 4.57 Å². The Hall–Kier alpha value is -2.91. The van der Waals surface area contributed by atoms with Gasteiger partial charge in [0.05, 0.1) is 23.8 Å². The number of carbonyl (C=O) groups excluding carboxylic acids is 1. The molecule has 1 aromatic heterocycles. The number of fused-ring (bicyclic) bond motifs is 1. The molecule has 9 heteroatoms. The molecule has 5 rings (SSSR count). The number of ether oxygens (including phenoxy) is 1. The van der Waals surface area contributed by atoms with E-state index in [4.69, 9.17) is 16.3 Å². The van der Waals surface area contributed by atoms with Gasteiger partial charge in [-0.1, -0.05) is 11.6 Å². The van der Waals surface area contributed by atoms with Gasteiger partial charge in [0, 0.05) is 52.9 Å². The first-order chi connectivity index (χ1) is 17.2. The third kappa shape index (κ3) is 4.18. The van der Waals surface area contributed by atoms with Crippen molar-refractivity contribution in [1.29, 1.82) is 0 Å². The number of amides is 1. The zero-order chi connectivity index (χ0) is 25.6. The molecule has 0 saturated carbocycles. The Morgan fingerprint density at radius 2 is 1.72 bits per heavy atom. The van der Waals surface area contributed by atoms with Crippen molar-refractivity contribution in [2.75, 3.05) is 37.7 Å². The van der Waals surface area contributed by atoms with Crippen molar-refractivity contribution < 1.29 is 17.9 Å². The molecule has 1 amide bonds. The highest BCUT2D eigenvalue weighted by Gasteiger charge is 2.34. The highest BCUT2D eigenvalue weighted by molar-refractivity contribution is 7.89. The van der Waals surface area contributed by atoms with Crippen LogP contribution in [0.5, 0.6) is 0 Å². The van der Waals surface area contributed by atoms with Gasteiger partial charge in [-0.25, -0.2) is 8.42 Å². The van der Waals surface area contributed by atoms with Crippen LogP contribution in [-0.4, -0.2) is 56.0 Å². The van der Waals surface area contributed by atoms with Gasteiger partial charge >= 0.3 is 0 Å². The second-order valence-corrected chi connectivity index (χ2v) is 11.3. The average Bonchev–Trinajstić information content (AvgIpc) is 3.31. The lowest BCUT2D eigenvalue weighted by atomic mass is 10.0. The maximum Gasteiger partial charge on any atom is 0.258 e. The molecule has 2 aliphatic rings. The van der Waals surface area contributed by atoms with Crippen LogP contribution < -0.4 is 4.90 Å². The molecule has 0 atom stereocenters. The zero-order valence-corrected chi connectivity index (χ0v) is 22.1. The van der Waals surface area contributed by atoms with E-state index in [1.54, 1.807) is 23.1 Å². The largest absolute Gasteiger partial charge is 0.379 e. The summed E-state index contributed by atoms with van der Waals surface area (Å²) in [5.74, 6) is -0.135. The second-order valence-electron chi connectivity index (χ2n) is 8.94. The topological polar surface area (TPSA) is 71.9 Å². The molecule has 3 aromatic rings. The summed E-state index contributed by atoms with van der Waals surface area (Å²) >= 11 is 6.07. The lowest BCUT2D eigenvalue weighted by molar-refractivity contribution is -0.112. The van der Waals surface area contributed by atoms with Crippen LogP contribution in [0, 0.1) is 13.8 Å². The number of halogens is 1. The van der Waals surface area contributed by atoms with Crippen molar-refractivity contribution in [3.63, 3.8) is 0 Å². The van der Waals surface area contributed by atoms with Crippen LogP contribution in [0.1, 0.15) is 29.4 Å². The third-order valence-electron chi connectivity index (χ3n) is 6.80. The fraction of sp³-hybridized carbons (Fsp3) is 0.296. The first-order valence-electron chi connectivity index (χ1n) is 11.9. The molecule has 0 bridgehead atoms. The minimum Gasteiger partial charge on any atom is -0.379 e. The molecule has 3 heterocycles. The Balaban J connectivity index is 1.60. The number of nitrogens with zero attached hydrogens (tertiary/aromatic N) is 3. The van der Waals surface area contributed by atoms with Crippen LogP contribution in [0.2, 0.25) is 5.02 Å². The quantitative estimate of drug-likeness (QED) is 0.454. The summed E-state index contributed by atoms with van der Waals surface area (Å²) in [5.41, 5.74) is 5.71. The number of hydrogen-bond acceptors (Lipinski definition) is 4. The molecule has 188 valence electrons. The Morgan fingerprint density at radius 3 is 2.39 bits per heavy atom. The summed E-state index contributed by atoms with van der Waals surface area (Å²) in [6.07, 6.45) is 1.87. The molecular formula is C27H28ClN3O4S. The number of morpholine rings is 1. The number of rotatable bonds is 5. The van der Waals surface area contributed by atoms with Crippen LogP contribution in [0.3, 0.4) is 0 Å². The van der Waals surface area contributed by atoms with Crippen LogP contribution in [-0.2, 0) is 19.6 Å². The molecule has 1 saturated heterocycles. The van der Waals surface area contributed by atoms with Gasteiger partial charge in [-0.2, -0.15) is 4.31 Å². The Morgan fingerprint density at radius 1 is 1.03 bits per heavy atom. The van der Waals surface area contributed by atoms with Gasteiger partial charge in [-0.3, -0.25) is 4.79 Å². The summed E-state index contributed by atoms with van der Waals surface area (Å²) in [6, 6.07) is 14.6. The maximum atomic E-state index is 13.4. The lowest BCUT2D eigenvalue weighted by Crippen LogP contribution is -2.40. The van der Waals surface area contributed by atoms with E-state index in [0.717, 1.165) is 28.3 Å². The van der Waals surface area contributed by atoms with E-state index in [9.17, 15) is 13.2 Å². The van der Waals surface area contributed by atoms with Gasteiger partial charge < -0.3 is 14.2 Å². The lowest BCUT2D eigenvalue weighted by Gasteiger charge is -2.26. The molecule has 0 aliphatic carbocycles. The van der Waals surface area contributed by atoms with Crippen molar-refractivity contribution in [3.8, 4) is 5.69 Å². The molecule has 0 spiro atoms. The summed E-state index contributed by atoms with van der Waals surface area (Å²) in [7, 11) is -3.69. The van der Waals surface area contributed by atoms with Gasteiger partial charge in [-0.15, -0.1) is 0 Å². The summed E-state index contributed by atoms with van der Waals surface area (Å²) in [5, 5.41) is 0.666. The molecule has 0 unspecified atom stereocenters. The van der Waals surface area contributed by atoms with Gasteiger partial charge in [-0.05, 0) is 80.9 Å². The van der Waals surface area contributed by atoms with E-state index < -0.39 is 10.0 Å². The minimum absolute atomic E-state index is 0.135. The van der Waals surface area contributed by atoms with Crippen LogP contribution in [0.4, 0.5) is 5.69 Å². The summed E-state index contributed by atoms with van der Waals surface area (Å²) in [6.45, 7) is 7.81. The van der Waals surface area contributed by atoms with E-state index in [1.807, 2.05) is 57.2 Å². The van der Waals surface area contributed by atoms with Crippen LogP contribution in [0.15, 0.2) is 53.4 Å². The predicted molar refractivity (Wildman–Crippen MR) is 142 cm³/mol. The molecule has 36 heavy (non-hydrogen) atoms. The average molecular weight is 526 g/mol. The molecule has 2 aliphatic heterocycles. The fourth-order valence-corrected chi connectivity index (χ4v) is 6.52. The van der Waals surface area contributed by atoms with Crippen LogP contribution in [0.25, 0.3) is 17.3 Å². The van der Waals surface area contributed by atoms with E-state index >= 15 is 0 Å². The number of benzene rings is 2. The highest BCUT2D eigenvalue weighted by Crippen LogP contribution is 2.40. The fourth-order valence-electron chi connectivity index (χ4n) is 4.96. The van der Waals surface area contributed by atoms with E-state index in [-0.39, 0.29) is 10.8 Å². The molecular weight excluding hydrogens is 498 g/mol. The first-order valence-corrected chi connectivity index (χ1v) is 13.7. The Bertz CT molecular complexity index is 1470. The number of anilines is 1. The standard InChI is InChI=1S/C27H28ClN3O4S/c1-4-30-26-10-9-23(36(33,34)29-11-13-35-14-12-29)17-24(26)25(27(30)32)16-20-15-18(2)31(19(20)3)22-7-5-21(28)6-8-22/h5-10,15-17H,4,11-14H2,1-3H3/b25-16-. The SMILES string of the molecule is CCN1C(=O)/C(=C\c2cc(C)n(-c3ccc(Cl)cc3)c2C)c2cc(S(=O)(=O)N3CCOCC3)ccc21. The number of carbonyl (C=O) groups is 1. The molecule has 7 nitrogen and oxygen atoms in total. The number of likely N-dealkylation sites (N-methyl/N-ethyl adjacent to an activating group) is 1. The summed E-state index contributed by atoms with van der Waals surface area (Å²) in [4.78, 5) is 15.3. The van der Waals surface area contributed by atoms with Crippen molar-refractivity contribution in [1.82, 2.24) is 8.87 Å². The second kappa shape index (κ2) is 9.52. The van der Waals surface area contributed by atoms with Crippen molar-refractivity contribution >= 4 is 44.9 Å². The van der Waals surface area contributed by atoms with Crippen molar-refractivity contribution in [2.45, 2.75) is 25.7 Å². The number of aryl methyl sites for hydroxylation is 1. The third-order valence-corrected chi connectivity index (χ3v) is 8.95. The monoisotopic (exact) mass is 525 g/mol. The van der Waals surface area contributed by atoms with E-state index in [1.165, 1.54) is 4.31 Å². The first kappa shape index (κ1) is 24.8. The van der Waals surface area contributed by atoms with Gasteiger partial charge in [0.25, 0.3) is 5.91 Å². The predicted octanol–water partition coefficient (Wildman–Crippen LogP) is 4.68. The minimum atomic E-state index is -3.69. The number of sulfonamides is 1. The van der Waals surface area contributed by atoms with Gasteiger partial charge in [0.2, 0.25) is 10.0 Å². The molecule has 0 N–H and O–H groups in total. The van der Waals surface area contributed by atoms with Gasteiger partial charge in [0.15, 0.2) is 0 Å². The zero-order valence-electron chi connectivity index (χ0n) is 20.5. The number of aromatic nitrogens is 1. The molecule has 0 radical (unpaired) electrons. The van der Waals surface area contributed by atoms with E-state index in [0.29, 0.717) is 49.0 Å². The Labute approximate surface area is 216 Å². The maximum absolute atomic E-state index is 13.4. The van der Waals surface area contributed by atoms with Crippen molar-refractivity contribution in [3.05, 3.63) is 76.1 Å². The Kier molecular flexibility index (Phi) is 6.55. The molecule has 2 aromatic carbocycles. The smallest absolute Gasteiger partial charge is 0.258 e. The summed E-state index contributed by atoms with van der Waals surface area (Å²) < 4.78 is 35.5. The van der Waals surface area contributed by atoms with Crippen molar-refractivity contribution in [2.24, 2.45) is 0 Å². The van der Waals surface area contributed by atoms with Crippen LogP contribution >= 0.6 is 11.6 Å². The van der Waals surface area contributed by atoms with Gasteiger partial charge in [0.1, 0.15) is 0 Å².